The van der Waals surface area contributed by atoms with Crippen molar-refractivity contribution in [3.63, 3.8) is 0 Å². The van der Waals surface area contributed by atoms with E-state index in [0.29, 0.717) is 29.1 Å². The maximum Gasteiger partial charge on any atom is 0.319 e. The molecule has 24 heavy (non-hydrogen) atoms. The summed E-state index contributed by atoms with van der Waals surface area (Å²) in [5.41, 5.74) is 0.323. The Balaban J connectivity index is 2.01. The highest BCUT2D eigenvalue weighted by Crippen LogP contribution is 2.28. The number of aromatic nitrogens is 2. The van der Waals surface area contributed by atoms with Gasteiger partial charge in [0.1, 0.15) is 5.25 Å². The first kappa shape index (κ1) is 16.5. The average molecular weight is 348 g/mol. The molecule has 0 bridgehead atoms. The summed E-state index contributed by atoms with van der Waals surface area (Å²) in [6.07, 6.45) is 0.627. The summed E-state index contributed by atoms with van der Waals surface area (Å²) in [7, 11) is 1.30. The summed E-state index contributed by atoms with van der Waals surface area (Å²) >= 11 is 1.20. The highest BCUT2D eigenvalue weighted by Gasteiger charge is 2.29. The van der Waals surface area contributed by atoms with E-state index >= 15 is 0 Å². The summed E-state index contributed by atoms with van der Waals surface area (Å²) in [4.78, 5) is 40.4. The van der Waals surface area contributed by atoms with Gasteiger partial charge in [0.2, 0.25) is 0 Å². The quantitative estimate of drug-likeness (QED) is 0.595. The SMILES string of the molecule is COC(=O)CCn1c(S[C@@H]2CCOC2=O)nc2ccccc2c1=O. The normalized spacial score (nSPS) is 17.0. The minimum atomic E-state index is -0.411. The fourth-order valence-electron chi connectivity index (χ4n) is 2.45. The minimum absolute atomic E-state index is 0.0547. The van der Waals surface area contributed by atoms with Crippen molar-refractivity contribution >= 4 is 34.6 Å². The van der Waals surface area contributed by atoms with Crippen molar-refractivity contribution in [3.8, 4) is 0 Å². The predicted molar refractivity (Wildman–Crippen MR) is 87.9 cm³/mol. The van der Waals surface area contributed by atoms with Crippen LogP contribution in [0.15, 0.2) is 34.2 Å². The molecule has 3 rings (SSSR count). The van der Waals surface area contributed by atoms with Crippen LogP contribution in [0.3, 0.4) is 0 Å². The molecule has 0 radical (unpaired) electrons. The second kappa shape index (κ2) is 7.04. The molecule has 1 aromatic heterocycles. The van der Waals surface area contributed by atoms with Crippen molar-refractivity contribution in [1.29, 1.82) is 0 Å². The van der Waals surface area contributed by atoms with Crippen molar-refractivity contribution in [2.24, 2.45) is 0 Å². The van der Waals surface area contributed by atoms with Gasteiger partial charge in [0.05, 0.1) is 31.0 Å². The van der Waals surface area contributed by atoms with Crippen LogP contribution in [-0.2, 0) is 25.6 Å². The van der Waals surface area contributed by atoms with Gasteiger partial charge in [-0.05, 0) is 12.1 Å². The van der Waals surface area contributed by atoms with Gasteiger partial charge in [0.15, 0.2) is 5.16 Å². The Morgan fingerprint density at radius 1 is 1.42 bits per heavy atom. The lowest BCUT2D eigenvalue weighted by Crippen LogP contribution is -2.26. The van der Waals surface area contributed by atoms with Crippen molar-refractivity contribution in [2.45, 2.75) is 29.8 Å². The first-order valence-corrected chi connectivity index (χ1v) is 8.38. The predicted octanol–water partition coefficient (Wildman–Crippen LogP) is 1.37. The lowest BCUT2D eigenvalue weighted by atomic mass is 10.2. The fourth-order valence-corrected chi connectivity index (χ4v) is 3.54. The number of methoxy groups -OCH3 is 1. The number of para-hydroxylation sites is 1. The molecule has 1 aliphatic heterocycles. The van der Waals surface area contributed by atoms with E-state index in [1.54, 1.807) is 24.3 Å². The summed E-state index contributed by atoms with van der Waals surface area (Å²) < 4.78 is 11.0. The van der Waals surface area contributed by atoms with Crippen LogP contribution in [0.4, 0.5) is 0 Å². The van der Waals surface area contributed by atoms with E-state index in [1.165, 1.54) is 23.4 Å². The highest BCUT2D eigenvalue weighted by atomic mass is 32.2. The standard InChI is InChI=1S/C16H16N2O5S/c1-22-13(19)6-8-18-14(20)10-4-2-3-5-11(10)17-16(18)24-12-7-9-23-15(12)21/h2-5,12H,6-9H2,1H3/t12-/m1/s1. The van der Waals surface area contributed by atoms with Crippen LogP contribution >= 0.6 is 11.8 Å². The second-order valence-corrected chi connectivity index (χ2v) is 6.43. The second-order valence-electron chi connectivity index (χ2n) is 5.26. The number of carbonyl (C=O) groups is 2. The number of fused-ring (bicyclic) bond motifs is 1. The van der Waals surface area contributed by atoms with Crippen LogP contribution in [-0.4, -0.2) is 40.5 Å². The summed E-state index contributed by atoms with van der Waals surface area (Å²) in [6, 6.07) is 7.00. The molecule has 0 aliphatic carbocycles. The van der Waals surface area contributed by atoms with Crippen LogP contribution in [0.2, 0.25) is 0 Å². The highest BCUT2D eigenvalue weighted by molar-refractivity contribution is 8.00. The van der Waals surface area contributed by atoms with Crippen LogP contribution in [0, 0.1) is 0 Å². The minimum Gasteiger partial charge on any atom is -0.469 e. The van der Waals surface area contributed by atoms with Crippen molar-refractivity contribution in [2.75, 3.05) is 13.7 Å². The Morgan fingerprint density at radius 3 is 2.92 bits per heavy atom. The molecule has 126 valence electrons. The largest absolute Gasteiger partial charge is 0.469 e. The molecule has 0 N–H and O–H groups in total. The number of carbonyl (C=O) groups excluding carboxylic acids is 2. The number of nitrogens with zero attached hydrogens (tertiary/aromatic N) is 2. The van der Waals surface area contributed by atoms with Gasteiger partial charge in [-0.15, -0.1) is 0 Å². The molecule has 0 saturated carbocycles. The van der Waals surface area contributed by atoms with Gasteiger partial charge in [-0.1, -0.05) is 23.9 Å². The third-order valence-electron chi connectivity index (χ3n) is 3.73. The summed E-state index contributed by atoms with van der Waals surface area (Å²) in [5, 5.41) is 0.495. The van der Waals surface area contributed by atoms with Crippen molar-refractivity contribution in [3.05, 3.63) is 34.6 Å². The molecule has 0 amide bonds. The maximum atomic E-state index is 12.7. The fraction of sp³-hybridized carbons (Fsp3) is 0.375. The molecule has 7 nitrogen and oxygen atoms in total. The average Bonchev–Trinajstić information content (AvgIpc) is 2.99. The Morgan fingerprint density at radius 2 is 2.21 bits per heavy atom. The zero-order valence-corrected chi connectivity index (χ0v) is 13.9. The molecular formula is C16H16N2O5S. The zero-order chi connectivity index (χ0) is 17.1. The first-order chi connectivity index (χ1) is 11.6. The first-order valence-electron chi connectivity index (χ1n) is 7.50. The van der Waals surface area contributed by atoms with Gasteiger partial charge < -0.3 is 9.47 Å². The van der Waals surface area contributed by atoms with E-state index in [-0.39, 0.29) is 29.7 Å². The molecule has 8 heteroatoms. The lowest BCUT2D eigenvalue weighted by Gasteiger charge is -2.14. The topological polar surface area (TPSA) is 87.5 Å². The van der Waals surface area contributed by atoms with Gasteiger partial charge in [0, 0.05) is 13.0 Å². The number of benzene rings is 1. The Labute approximate surface area is 142 Å². The monoisotopic (exact) mass is 348 g/mol. The number of cyclic esters (lactones) is 1. The third kappa shape index (κ3) is 3.28. The van der Waals surface area contributed by atoms with E-state index in [1.807, 2.05) is 0 Å². The van der Waals surface area contributed by atoms with Crippen molar-refractivity contribution in [1.82, 2.24) is 9.55 Å². The summed E-state index contributed by atoms with van der Waals surface area (Å²) in [6.45, 7) is 0.518. The Hall–Kier alpha value is -2.35. The van der Waals surface area contributed by atoms with E-state index in [4.69, 9.17) is 4.74 Å². The van der Waals surface area contributed by atoms with Gasteiger partial charge >= 0.3 is 11.9 Å². The molecule has 0 spiro atoms. The molecule has 1 saturated heterocycles. The lowest BCUT2D eigenvalue weighted by molar-refractivity contribution is -0.141. The van der Waals surface area contributed by atoms with Crippen LogP contribution < -0.4 is 5.56 Å². The molecule has 1 fully saturated rings. The number of hydrogen-bond donors (Lipinski definition) is 0. The third-order valence-corrected chi connectivity index (χ3v) is 4.96. The van der Waals surface area contributed by atoms with Gasteiger partial charge in [-0.25, -0.2) is 4.98 Å². The van der Waals surface area contributed by atoms with E-state index in [0.717, 1.165) is 0 Å². The Bertz CT molecular complexity index is 848. The molecular weight excluding hydrogens is 332 g/mol. The van der Waals surface area contributed by atoms with Gasteiger partial charge in [-0.3, -0.25) is 19.0 Å². The molecule has 1 atom stereocenters. The molecule has 1 aromatic carbocycles. The maximum absolute atomic E-state index is 12.7. The van der Waals surface area contributed by atoms with Crippen molar-refractivity contribution < 1.29 is 19.1 Å². The van der Waals surface area contributed by atoms with Crippen LogP contribution in [0.5, 0.6) is 0 Å². The molecule has 0 unspecified atom stereocenters. The van der Waals surface area contributed by atoms with E-state index < -0.39 is 5.97 Å². The zero-order valence-electron chi connectivity index (χ0n) is 13.1. The smallest absolute Gasteiger partial charge is 0.319 e. The number of thioether (sulfide) groups is 1. The van der Waals surface area contributed by atoms with E-state index in [2.05, 4.69) is 9.72 Å². The summed E-state index contributed by atoms with van der Waals surface area (Å²) in [5.74, 6) is -0.715. The molecule has 2 aromatic rings. The number of esters is 2. The number of rotatable bonds is 5. The van der Waals surface area contributed by atoms with Crippen LogP contribution in [0.1, 0.15) is 12.8 Å². The number of hydrogen-bond acceptors (Lipinski definition) is 7. The number of ether oxygens (including phenoxy) is 2. The van der Waals surface area contributed by atoms with Crippen LogP contribution in [0.25, 0.3) is 10.9 Å². The molecule has 1 aliphatic rings. The van der Waals surface area contributed by atoms with Gasteiger partial charge in [-0.2, -0.15) is 0 Å². The van der Waals surface area contributed by atoms with Gasteiger partial charge in [0.25, 0.3) is 5.56 Å². The van der Waals surface area contributed by atoms with E-state index in [9.17, 15) is 14.4 Å². The molecule has 2 heterocycles. The Kier molecular flexibility index (Phi) is 4.84.